The third-order valence-electron chi connectivity index (χ3n) is 5.34. The van der Waals surface area contributed by atoms with Crippen molar-refractivity contribution in [1.82, 2.24) is 9.80 Å². The van der Waals surface area contributed by atoms with Crippen LogP contribution >= 0.6 is 0 Å². The minimum absolute atomic E-state index is 0.0913. The summed E-state index contributed by atoms with van der Waals surface area (Å²) >= 11 is 0. The standard InChI is InChI=1S/C28H31FN2O4/c1-2-34-18-7-17-30(27(32)16-13-23-8-4-3-5-9-23)22-28(33)31(21-26-10-6-19-35-26)20-24-11-14-25(29)15-12-24/h3-6,8-16,19H,2,7,17-18,20-22H2,1H3/b16-13+. The fourth-order valence-corrected chi connectivity index (χ4v) is 3.50. The van der Waals surface area contributed by atoms with Gasteiger partial charge in [-0.05, 0) is 54.8 Å². The molecule has 0 aliphatic heterocycles. The molecule has 6 nitrogen and oxygen atoms in total. The fraction of sp³-hybridized carbons (Fsp3) is 0.286. The summed E-state index contributed by atoms with van der Waals surface area (Å²) in [7, 11) is 0. The van der Waals surface area contributed by atoms with E-state index < -0.39 is 0 Å². The van der Waals surface area contributed by atoms with Crippen molar-refractivity contribution in [2.75, 3.05) is 26.3 Å². The molecule has 1 heterocycles. The van der Waals surface area contributed by atoms with Gasteiger partial charge in [0.25, 0.3) is 0 Å². The first kappa shape index (κ1) is 25.9. The molecule has 0 aliphatic rings. The van der Waals surface area contributed by atoms with E-state index in [1.165, 1.54) is 23.1 Å². The Labute approximate surface area is 205 Å². The summed E-state index contributed by atoms with van der Waals surface area (Å²) in [6.07, 6.45) is 5.39. The van der Waals surface area contributed by atoms with Crippen molar-refractivity contribution in [3.63, 3.8) is 0 Å². The minimum Gasteiger partial charge on any atom is -0.467 e. The zero-order valence-corrected chi connectivity index (χ0v) is 19.9. The lowest BCUT2D eigenvalue weighted by Crippen LogP contribution is -2.42. The molecule has 184 valence electrons. The number of halogens is 1. The quantitative estimate of drug-likeness (QED) is 0.259. The van der Waals surface area contributed by atoms with Crippen molar-refractivity contribution in [2.45, 2.75) is 26.4 Å². The molecule has 0 bridgehead atoms. The Bertz CT molecular complexity index is 1070. The van der Waals surface area contributed by atoms with Gasteiger partial charge in [-0.15, -0.1) is 0 Å². The average molecular weight is 479 g/mol. The highest BCUT2D eigenvalue weighted by Crippen LogP contribution is 2.13. The number of benzene rings is 2. The van der Waals surface area contributed by atoms with Crippen LogP contribution in [0.4, 0.5) is 4.39 Å². The van der Waals surface area contributed by atoms with Crippen LogP contribution in [0.1, 0.15) is 30.2 Å². The van der Waals surface area contributed by atoms with Crippen molar-refractivity contribution in [3.8, 4) is 0 Å². The monoisotopic (exact) mass is 478 g/mol. The molecule has 0 N–H and O–H groups in total. The largest absolute Gasteiger partial charge is 0.467 e. The molecule has 7 heteroatoms. The Kier molecular flexibility index (Phi) is 10.3. The van der Waals surface area contributed by atoms with Gasteiger partial charge in [0.1, 0.15) is 18.1 Å². The van der Waals surface area contributed by atoms with Crippen LogP contribution in [0.15, 0.2) is 83.5 Å². The first-order valence-electron chi connectivity index (χ1n) is 11.7. The molecule has 2 aromatic carbocycles. The molecule has 0 spiro atoms. The molecule has 35 heavy (non-hydrogen) atoms. The van der Waals surface area contributed by atoms with Gasteiger partial charge >= 0.3 is 0 Å². The predicted octanol–water partition coefficient (Wildman–Crippen LogP) is 4.92. The Hall–Kier alpha value is -3.71. The van der Waals surface area contributed by atoms with Crippen LogP contribution in [0, 0.1) is 5.82 Å². The van der Waals surface area contributed by atoms with Gasteiger partial charge in [-0.2, -0.15) is 0 Å². The first-order valence-corrected chi connectivity index (χ1v) is 11.7. The van der Waals surface area contributed by atoms with Crippen molar-refractivity contribution >= 4 is 17.9 Å². The van der Waals surface area contributed by atoms with E-state index in [0.717, 1.165) is 11.1 Å². The molecule has 0 aliphatic carbocycles. The highest BCUT2D eigenvalue weighted by molar-refractivity contribution is 5.94. The molecule has 0 saturated heterocycles. The van der Waals surface area contributed by atoms with Gasteiger partial charge in [0.15, 0.2) is 0 Å². The molecule has 0 fully saturated rings. The fourth-order valence-electron chi connectivity index (χ4n) is 3.50. The maximum atomic E-state index is 13.4. The second-order valence-electron chi connectivity index (χ2n) is 8.01. The van der Waals surface area contributed by atoms with Gasteiger partial charge in [-0.1, -0.05) is 42.5 Å². The lowest BCUT2D eigenvalue weighted by atomic mass is 10.2. The highest BCUT2D eigenvalue weighted by Gasteiger charge is 2.21. The third-order valence-corrected chi connectivity index (χ3v) is 5.34. The number of amides is 2. The topological polar surface area (TPSA) is 63.0 Å². The number of rotatable bonds is 13. The maximum absolute atomic E-state index is 13.4. The number of ether oxygens (including phenoxy) is 1. The number of carbonyl (C=O) groups excluding carboxylic acids is 2. The van der Waals surface area contributed by atoms with E-state index in [2.05, 4.69) is 0 Å². The minimum atomic E-state index is -0.339. The molecule has 0 atom stereocenters. The summed E-state index contributed by atoms with van der Waals surface area (Å²) in [6, 6.07) is 19.1. The Balaban J connectivity index is 1.73. The lowest BCUT2D eigenvalue weighted by Gasteiger charge is -2.27. The zero-order valence-electron chi connectivity index (χ0n) is 19.9. The van der Waals surface area contributed by atoms with Gasteiger partial charge < -0.3 is 19.0 Å². The van der Waals surface area contributed by atoms with Crippen LogP contribution in [0.2, 0.25) is 0 Å². The van der Waals surface area contributed by atoms with Crippen LogP contribution in [0.3, 0.4) is 0 Å². The second kappa shape index (κ2) is 13.9. The molecular weight excluding hydrogens is 447 g/mol. The number of carbonyl (C=O) groups is 2. The molecule has 0 saturated carbocycles. The Morgan fingerprint density at radius 1 is 0.971 bits per heavy atom. The van der Waals surface area contributed by atoms with Crippen molar-refractivity contribution in [1.29, 1.82) is 0 Å². The number of hydrogen-bond acceptors (Lipinski definition) is 4. The maximum Gasteiger partial charge on any atom is 0.247 e. The van der Waals surface area contributed by atoms with E-state index in [4.69, 9.17) is 9.15 Å². The highest BCUT2D eigenvalue weighted by atomic mass is 19.1. The summed E-state index contributed by atoms with van der Waals surface area (Å²) in [5.74, 6) is -0.199. The van der Waals surface area contributed by atoms with Gasteiger partial charge in [0.2, 0.25) is 11.8 Å². The number of hydrogen-bond donors (Lipinski definition) is 0. The Morgan fingerprint density at radius 2 is 1.74 bits per heavy atom. The molecular formula is C28H31FN2O4. The summed E-state index contributed by atoms with van der Waals surface area (Å²) in [4.78, 5) is 29.5. The molecule has 3 rings (SSSR count). The Morgan fingerprint density at radius 3 is 2.43 bits per heavy atom. The van der Waals surface area contributed by atoms with Crippen molar-refractivity contribution in [3.05, 3.63) is 102 Å². The van der Waals surface area contributed by atoms with Gasteiger partial charge in [-0.25, -0.2) is 4.39 Å². The van der Waals surface area contributed by atoms with Crippen LogP contribution in [-0.2, 0) is 27.4 Å². The SMILES string of the molecule is CCOCCCN(CC(=O)N(Cc1ccc(F)cc1)Cc1ccco1)C(=O)/C=C/c1ccccc1. The van der Waals surface area contributed by atoms with E-state index in [0.29, 0.717) is 31.9 Å². The smallest absolute Gasteiger partial charge is 0.247 e. The first-order chi connectivity index (χ1) is 17.0. The zero-order chi connectivity index (χ0) is 24.9. The summed E-state index contributed by atoms with van der Waals surface area (Å²) in [6.45, 7) is 3.81. The van der Waals surface area contributed by atoms with Gasteiger partial charge in [-0.3, -0.25) is 9.59 Å². The summed E-state index contributed by atoms with van der Waals surface area (Å²) in [5.41, 5.74) is 1.68. The van der Waals surface area contributed by atoms with E-state index in [-0.39, 0.29) is 37.3 Å². The molecule has 1 aromatic heterocycles. The third kappa shape index (κ3) is 8.87. The van der Waals surface area contributed by atoms with Crippen LogP contribution in [-0.4, -0.2) is 47.9 Å². The van der Waals surface area contributed by atoms with E-state index in [1.54, 1.807) is 41.5 Å². The van der Waals surface area contributed by atoms with Gasteiger partial charge in [0, 0.05) is 32.4 Å². The summed E-state index contributed by atoms with van der Waals surface area (Å²) in [5, 5.41) is 0. The predicted molar refractivity (Wildman–Crippen MR) is 133 cm³/mol. The molecule has 0 unspecified atom stereocenters. The van der Waals surface area contributed by atoms with E-state index in [1.807, 2.05) is 37.3 Å². The van der Waals surface area contributed by atoms with Crippen LogP contribution in [0.25, 0.3) is 6.08 Å². The average Bonchev–Trinajstić information content (AvgIpc) is 3.39. The van der Waals surface area contributed by atoms with Crippen molar-refractivity contribution in [2.24, 2.45) is 0 Å². The molecule has 2 amide bonds. The van der Waals surface area contributed by atoms with Gasteiger partial charge in [0.05, 0.1) is 12.8 Å². The van der Waals surface area contributed by atoms with E-state index >= 15 is 0 Å². The normalized spacial score (nSPS) is 11.0. The van der Waals surface area contributed by atoms with Crippen LogP contribution in [0.5, 0.6) is 0 Å². The van der Waals surface area contributed by atoms with Crippen molar-refractivity contribution < 1.29 is 23.1 Å². The molecule has 0 radical (unpaired) electrons. The summed E-state index contributed by atoms with van der Waals surface area (Å²) < 4.78 is 24.2. The molecule has 3 aromatic rings. The number of nitrogens with zero attached hydrogens (tertiary/aromatic N) is 2. The lowest BCUT2D eigenvalue weighted by molar-refractivity contribution is -0.139. The second-order valence-corrected chi connectivity index (χ2v) is 8.01. The van der Waals surface area contributed by atoms with E-state index in [9.17, 15) is 14.0 Å². The number of furan rings is 1. The van der Waals surface area contributed by atoms with Crippen LogP contribution < -0.4 is 0 Å².